The van der Waals surface area contributed by atoms with Crippen molar-refractivity contribution >= 4 is 11.4 Å². The minimum Gasteiger partial charge on any atom is -0.624 e. The summed E-state index contributed by atoms with van der Waals surface area (Å²) in [6.45, 7) is 0. The molecule has 1 aliphatic rings. The highest BCUT2D eigenvalue weighted by atomic mass is 16.5. The number of para-hydroxylation sites is 1. The molecule has 1 aliphatic heterocycles. The van der Waals surface area contributed by atoms with Gasteiger partial charge in [0.2, 0.25) is 0 Å². The van der Waals surface area contributed by atoms with Gasteiger partial charge in [0.1, 0.15) is 11.9 Å². The zero-order valence-corrected chi connectivity index (χ0v) is 5.74. The first-order valence-electron chi connectivity index (χ1n) is 3.33. The Hall–Kier alpha value is -1.32. The van der Waals surface area contributed by atoms with Crippen LogP contribution in [-0.4, -0.2) is 5.11 Å². The van der Waals surface area contributed by atoms with Gasteiger partial charge < -0.3 is 15.4 Å². The number of hydrogen-bond donors (Lipinski definition) is 2. The quantitative estimate of drug-likeness (QED) is 0.530. The van der Waals surface area contributed by atoms with Crippen molar-refractivity contribution in [1.82, 2.24) is 0 Å². The third-order valence-corrected chi connectivity index (χ3v) is 1.74. The Kier molecular flexibility index (Phi) is 1.21. The van der Waals surface area contributed by atoms with Crippen molar-refractivity contribution < 1.29 is 10.2 Å². The molecule has 0 spiro atoms. The van der Waals surface area contributed by atoms with Crippen molar-refractivity contribution in [2.75, 3.05) is 0 Å². The largest absolute Gasteiger partial charge is 0.624 e. The first kappa shape index (κ1) is 6.39. The van der Waals surface area contributed by atoms with E-state index >= 15 is 0 Å². The third kappa shape index (κ3) is 0.824. The van der Waals surface area contributed by atoms with Gasteiger partial charge in [-0.25, -0.2) is 0 Å². The van der Waals surface area contributed by atoms with Crippen LogP contribution in [0.4, 0.5) is 5.69 Å². The number of benzene rings is 1. The van der Waals surface area contributed by atoms with Gasteiger partial charge in [0.05, 0.1) is 5.56 Å². The fraction of sp³-hybridized carbons (Fsp3) is 0. The summed E-state index contributed by atoms with van der Waals surface area (Å²) in [5.41, 5.74) is 1.22. The lowest BCUT2D eigenvalue weighted by atomic mass is 10.2. The van der Waals surface area contributed by atoms with Gasteiger partial charge in [-0.15, -0.1) is 0 Å². The summed E-state index contributed by atoms with van der Waals surface area (Å²) in [5, 5.41) is 20.1. The number of nitrogens with one attached hydrogen (secondary N) is 1. The fourth-order valence-electron chi connectivity index (χ4n) is 1.20. The molecule has 0 fully saturated rings. The molecule has 0 amide bonds. The number of fused-ring (bicyclic) bond motifs is 1. The van der Waals surface area contributed by atoms with E-state index in [9.17, 15) is 10.3 Å². The Morgan fingerprint density at radius 1 is 1.27 bits per heavy atom. The van der Waals surface area contributed by atoms with Crippen molar-refractivity contribution in [2.24, 2.45) is 0 Å². The number of hydrogen-bond acceptors (Lipinski definition) is 2. The van der Waals surface area contributed by atoms with Gasteiger partial charge in [-0.3, -0.25) is 0 Å². The molecule has 11 heavy (non-hydrogen) atoms. The van der Waals surface area contributed by atoms with Crippen molar-refractivity contribution in [1.29, 1.82) is 0 Å². The predicted molar refractivity (Wildman–Crippen MR) is 41.0 cm³/mol. The van der Waals surface area contributed by atoms with Gasteiger partial charge in [-0.2, -0.15) is 0 Å². The van der Waals surface area contributed by atoms with Gasteiger partial charge in [-0.05, 0) is 6.07 Å². The lowest BCUT2D eigenvalue weighted by Crippen LogP contribution is -2.95. The van der Waals surface area contributed by atoms with E-state index in [0.29, 0.717) is 11.3 Å². The van der Waals surface area contributed by atoms with Crippen LogP contribution in [0.1, 0.15) is 5.56 Å². The highest BCUT2D eigenvalue weighted by Gasteiger charge is 2.19. The highest BCUT2D eigenvalue weighted by Crippen LogP contribution is 2.21. The minimum atomic E-state index is -0.113. The second kappa shape index (κ2) is 2.08. The summed E-state index contributed by atoms with van der Waals surface area (Å²) >= 11 is 0. The molecular formula is C8H7NO2. The summed E-state index contributed by atoms with van der Waals surface area (Å²) in [4.78, 5) is 0. The molecule has 1 unspecified atom stereocenters. The van der Waals surface area contributed by atoms with Gasteiger partial charge in [-0.1, -0.05) is 12.1 Å². The van der Waals surface area contributed by atoms with E-state index in [2.05, 4.69) is 0 Å². The lowest BCUT2D eigenvalue weighted by Gasteiger charge is -2.11. The summed E-state index contributed by atoms with van der Waals surface area (Å²) in [7, 11) is 0. The summed E-state index contributed by atoms with van der Waals surface area (Å²) in [6, 6.07) is 7.01. The Bertz CT molecular complexity index is 320. The smallest absolute Gasteiger partial charge is 0.183 e. The van der Waals surface area contributed by atoms with E-state index < -0.39 is 0 Å². The van der Waals surface area contributed by atoms with Gasteiger partial charge in [0.25, 0.3) is 0 Å². The van der Waals surface area contributed by atoms with E-state index in [1.807, 2.05) is 0 Å². The molecule has 0 radical (unpaired) electrons. The topological polar surface area (TPSA) is 47.7 Å². The van der Waals surface area contributed by atoms with E-state index in [1.54, 1.807) is 24.3 Å². The summed E-state index contributed by atoms with van der Waals surface area (Å²) < 4.78 is 0. The molecular weight excluding hydrogens is 142 g/mol. The number of quaternary nitrogens is 1. The zero-order valence-electron chi connectivity index (χ0n) is 5.74. The molecule has 1 aromatic carbocycles. The monoisotopic (exact) mass is 149 g/mol. The van der Waals surface area contributed by atoms with Crippen molar-refractivity contribution in [3.8, 4) is 0 Å². The van der Waals surface area contributed by atoms with Crippen molar-refractivity contribution in [2.45, 2.75) is 0 Å². The van der Waals surface area contributed by atoms with Crippen LogP contribution in [0.2, 0.25) is 0 Å². The molecule has 0 aromatic heterocycles. The molecule has 0 aliphatic carbocycles. The van der Waals surface area contributed by atoms with Crippen LogP contribution in [0.25, 0.3) is 5.76 Å². The number of hydroxylamine groups is 1. The maximum Gasteiger partial charge on any atom is 0.183 e. The second-order valence-corrected chi connectivity index (χ2v) is 2.44. The molecule has 0 saturated heterocycles. The summed E-state index contributed by atoms with van der Waals surface area (Å²) in [5.74, 6) is 0.0746. The molecule has 1 heterocycles. The van der Waals surface area contributed by atoms with Crippen molar-refractivity contribution in [3.63, 3.8) is 0 Å². The van der Waals surface area contributed by atoms with Crippen LogP contribution in [-0.2, 0) is 0 Å². The molecule has 3 heteroatoms. The predicted octanol–water partition coefficient (Wildman–Crippen LogP) is 0.571. The normalized spacial score (nSPS) is 21.2. The molecule has 2 N–H and O–H groups in total. The molecule has 1 aromatic rings. The van der Waals surface area contributed by atoms with Gasteiger partial charge in [0, 0.05) is 6.07 Å². The standard InChI is InChI=1S/C8H7NO2/c10-8-5-9(11)7-4-2-1-3-6(7)8/h1-5,9-10H. The molecule has 3 nitrogen and oxygen atoms in total. The Morgan fingerprint density at radius 3 is 2.73 bits per heavy atom. The maximum absolute atomic E-state index is 11.0. The Labute approximate surface area is 63.8 Å². The van der Waals surface area contributed by atoms with Crippen LogP contribution in [0.15, 0.2) is 30.5 Å². The van der Waals surface area contributed by atoms with E-state index in [-0.39, 0.29) is 10.8 Å². The molecule has 0 bridgehead atoms. The van der Waals surface area contributed by atoms with Crippen LogP contribution in [0.5, 0.6) is 0 Å². The van der Waals surface area contributed by atoms with Crippen LogP contribution in [0, 0.1) is 5.21 Å². The molecule has 2 rings (SSSR count). The first-order chi connectivity index (χ1) is 5.29. The molecule has 0 saturated carbocycles. The first-order valence-corrected chi connectivity index (χ1v) is 3.33. The van der Waals surface area contributed by atoms with E-state index in [1.165, 1.54) is 6.20 Å². The summed E-state index contributed by atoms with van der Waals surface area (Å²) in [6.07, 6.45) is 1.24. The number of aliphatic hydroxyl groups excluding tert-OH is 1. The van der Waals surface area contributed by atoms with Crippen LogP contribution >= 0.6 is 0 Å². The molecule has 56 valence electrons. The fourth-order valence-corrected chi connectivity index (χ4v) is 1.20. The van der Waals surface area contributed by atoms with Gasteiger partial charge in [0.15, 0.2) is 5.76 Å². The number of rotatable bonds is 0. The Balaban J connectivity index is 2.62. The maximum atomic E-state index is 11.0. The van der Waals surface area contributed by atoms with Crippen LogP contribution in [0.3, 0.4) is 0 Å². The lowest BCUT2D eigenvalue weighted by molar-refractivity contribution is -0.710. The molecule has 1 atom stereocenters. The van der Waals surface area contributed by atoms with Crippen LogP contribution < -0.4 is 5.06 Å². The number of aliphatic hydroxyl groups is 1. The van der Waals surface area contributed by atoms with E-state index in [4.69, 9.17) is 0 Å². The zero-order chi connectivity index (χ0) is 7.84. The highest BCUT2D eigenvalue weighted by molar-refractivity contribution is 5.69. The Morgan fingerprint density at radius 2 is 2.00 bits per heavy atom. The SMILES string of the molecule is [O-][NH+]1C=C(O)c2ccccc21. The average Bonchev–Trinajstić information content (AvgIpc) is 2.30. The van der Waals surface area contributed by atoms with Gasteiger partial charge >= 0.3 is 0 Å². The van der Waals surface area contributed by atoms with E-state index in [0.717, 1.165) is 0 Å². The minimum absolute atomic E-state index is 0.0746. The average molecular weight is 149 g/mol. The third-order valence-electron chi connectivity index (χ3n) is 1.74. The second-order valence-electron chi connectivity index (χ2n) is 2.44. The van der Waals surface area contributed by atoms with Crippen molar-refractivity contribution in [3.05, 3.63) is 41.2 Å².